The fourth-order valence-electron chi connectivity index (χ4n) is 3.68. The molecule has 5 nitrogen and oxygen atoms in total. The van der Waals surface area contributed by atoms with Gasteiger partial charge >= 0.3 is 0 Å². The third-order valence-electron chi connectivity index (χ3n) is 4.98. The minimum Gasteiger partial charge on any atom is -0.342 e. The second kappa shape index (κ2) is 7.51. The van der Waals surface area contributed by atoms with Crippen molar-refractivity contribution >= 4 is 5.91 Å². The first-order chi connectivity index (χ1) is 11.1. The summed E-state index contributed by atoms with van der Waals surface area (Å²) in [5.74, 6) is 0.279. The molecule has 0 unspecified atom stereocenters. The summed E-state index contributed by atoms with van der Waals surface area (Å²) in [6, 6.07) is 9.87. The van der Waals surface area contributed by atoms with Gasteiger partial charge in [0.25, 0.3) is 0 Å². The molecule has 3 atom stereocenters. The van der Waals surface area contributed by atoms with Crippen LogP contribution >= 0.6 is 0 Å². The standard InChI is InChI=1S/C18H26N4O/c1-4-10-16(20-21-19)15-13-18(15,14-11-8-7-9-12-14)17(23)22(5-2)6-3/h7-9,11-12,15-16H,4-6,10,13H2,1-3H3/t15-,16-,18+/m0/s1. The summed E-state index contributed by atoms with van der Waals surface area (Å²) in [5, 5.41) is 4.00. The van der Waals surface area contributed by atoms with E-state index in [0.717, 1.165) is 24.8 Å². The summed E-state index contributed by atoms with van der Waals surface area (Å²) in [4.78, 5) is 18.1. The molecule has 5 heteroatoms. The predicted molar refractivity (Wildman–Crippen MR) is 92.0 cm³/mol. The number of amides is 1. The Bertz CT molecular complexity index is 578. The molecule has 0 spiro atoms. The smallest absolute Gasteiger partial charge is 0.233 e. The summed E-state index contributed by atoms with van der Waals surface area (Å²) >= 11 is 0. The third kappa shape index (κ3) is 3.20. The van der Waals surface area contributed by atoms with Gasteiger partial charge in [0, 0.05) is 24.0 Å². The Morgan fingerprint density at radius 1 is 1.35 bits per heavy atom. The minimum absolute atomic E-state index is 0.105. The zero-order valence-electron chi connectivity index (χ0n) is 14.3. The van der Waals surface area contributed by atoms with Crippen LogP contribution in [0.15, 0.2) is 35.4 Å². The molecule has 1 aliphatic carbocycles. The molecule has 0 radical (unpaired) electrons. The molecule has 124 valence electrons. The van der Waals surface area contributed by atoms with Crippen LogP contribution < -0.4 is 0 Å². The number of rotatable bonds is 8. The van der Waals surface area contributed by atoms with Crippen LogP contribution in [0.1, 0.15) is 45.6 Å². The summed E-state index contributed by atoms with van der Waals surface area (Å²) in [5.41, 5.74) is 9.42. The highest BCUT2D eigenvalue weighted by Gasteiger charge is 2.63. The van der Waals surface area contributed by atoms with Crippen molar-refractivity contribution in [2.24, 2.45) is 11.0 Å². The second-order valence-corrected chi connectivity index (χ2v) is 6.19. The van der Waals surface area contributed by atoms with Crippen molar-refractivity contribution in [1.29, 1.82) is 0 Å². The van der Waals surface area contributed by atoms with Gasteiger partial charge in [0.1, 0.15) is 0 Å². The first-order valence-corrected chi connectivity index (χ1v) is 8.54. The summed E-state index contributed by atoms with van der Waals surface area (Å²) in [7, 11) is 0. The predicted octanol–water partition coefficient (Wildman–Crippen LogP) is 4.29. The van der Waals surface area contributed by atoms with Gasteiger partial charge in [0.15, 0.2) is 0 Å². The molecule has 1 aromatic carbocycles. The van der Waals surface area contributed by atoms with E-state index in [1.807, 2.05) is 49.1 Å². The van der Waals surface area contributed by atoms with E-state index in [2.05, 4.69) is 16.9 Å². The van der Waals surface area contributed by atoms with Crippen molar-refractivity contribution in [3.63, 3.8) is 0 Å². The highest BCUT2D eigenvalue weighted by Crippen LogP contribution is 2.58. The molecular weight excluding hydrogens is 288 g/mol. The van der Waals surface area contributed by atoms with E-state index in [9.17, 15) is 4.79 Å². The average Bonchev–Trinajstić information content (AvgIpc) is 3.33. The summed E-state index contributed by atoms with van der Waals surface area (Å²) in [6.07, 6.45) is 2.55. The first-order valence-electron chi connectivity index (χ1n) is 8.54. The van der Waals surface area contributed by atoms with Crippen molar-refractivity contribution in [3.8, 4) is 0 Å². The fraction of sp³-hybridized carbons (Fsp3) is 0.611. The molecule has 0 saturated heterocycles. The molecule has 2 rings (SSSR count). The van der Waals surface area contributed by atoms with Crippen molar-refractivity contribution in [2.75, 3.05) is 13.1 Å². The van der Waals surface area contributed by atoms with Gasteiger partial charge in [-0.25, -0.2) is 0 Å². The molecule has 1 aromatic rings. The van der Waals surface area contributed by atoms with Gasteiger partial charge in [-0.2, -0.15) is 0 Å². The van der Waals surface area contributed by atoms with Gasteiger partial charge in [-0.1, -0.05) is 48.8 Å². The van der Waals surface area contributed by atoms with Gasteiger partial charge < -0.3 is 4.90 Å². The van der Waals surface area contributed by atoms with E-state index in [-0.39, 0.29) is 17.9 Å². The van der Waals surface area contributed by atoms with E-state index >= 15 is 0 Å². The lowest BCUT2D eigenvalue weighted by Gasteiger charge is -2.27. The number of benzene rings is 1. The second-order valence-electron chi connectivity index (χ2n) is 6.19. The van der Waals surface area contributed by atoms with Gasteiger partial charge in [0.2, 0.25) is 5.91 Å². The first kappa shape index (κ1) is 17.4. The van der Waals surface area contributed by atoms with Crippen LogP contribution in [0.2, 0.25) is 0 Å². The number of hydrogen-bond acceptors (Lipinski definition) is 2. The molecule has 1 aliphatic rings. The molecule has 0 heterocycles. The van der Waals surface area contributed by atoms with E-state index in [0.29, 0.717) is 13.1 Å². The zero-order chi connectivity index (χ0) is 16.9. The zero-order valence-corrected chi connectivity index (χ0v) is 14.3. The molecule has 1 amide bonds. The van der Waals surface area contributed by atoms with Crippen LogP contribution in [0.3, 0.4) is 0 Å². The van der Waals surface area contributed by atoms with Crippen molar-refractivity contribution in [2.45, 2.75) is 51.5 Å². The maximum absolute atomic E-state index is 13.2. The third-order valence-corrected chi connectivity index (χ3v) is 4.98. The Labute approximate surface area is 138 Å². The van der Waals surface area contributed by atoms with Crippen LogP contribution in [0.5, 0.6) is 0 Å². The van der Waals surface area contributed by atoms with Gasteiger partial charge in [-0.05, 0) is 43.7 Å². The van der Waals surface area contributed by atoms with Gasteiger partial charge in [-0.3, -0.25) is 4.79 Å². The highest BCUT2D eigenvalue weighted by atomic mass is 16.2. The largest absolute Gasteiger partial charge is 0.342 e. The van der Waals surface area contributed by atoms with Crippen molar-refractivity contribution < 1.29 is 4.79 Å². The number of carbonyl (C=O) groups excluding carboxylic acids is 1. The lowest BCUT2D eigenvalue weighted by molar-refractivity contribution is -0.134. The number of nitrogens with zero attached hydrogens (tertiary/aromatic N) is 4. The Hall–Kier alpha value is -2.00. The molecule has 1 saturated carbocycles. The highest BCUT2D eigenvalue weighted by molar-refractivity contribution is 5.92. The topological polar surface area (TPSA) is 69.1 Å². The Kier molecular flexibility index (Phi) is 5.67. The van der Waals surface area contributed by atoms with E-state index < -0.39 is 5.41 Å². The van der Waals surface area contributed by atoms with Crippen LogP contribution in [-0.2, 0) is 10.2 Å². The van der Waals surface area contributed by atoms with Gasteiger partial charge in [0.05, 0.1) is 5.41 Å². The van der Waals surface area contributed by atoms with E-state index in [4.69, 9.17) is 5.53 Å². The Morgan fingerprint density at radius 2 is 2.00 bits per heavy atom. The molecule has 23 heavy (non-hydrogen) atoms. The Balaban J connectivity index is 2.40. The van der Waals surface area contributed by atoms with E-state index in [1.54, 1.807) is 0 Å². The fourth-order valence-corrected chi connectivity index (χ4v) is 3.68. The normalized spacial score (nSPS) is 23.7. The van der Waals surface area contributed by atoms with Crippen molar-refractivity contribution in [1.82, 2.24) is 4.90 Å². The summed E-state index contributed by atoms with van der Waals surface area (Å²) in [6.45, 7) is 7.51. The number of azide groups is 1. The average molecular weight is 314 g/mol. The Morgan fingerprint density at radius 3 is 2.52 bits per heavy atom. The SMILES string of the molecule is CCC[C@H](N=[N+]=[N-])[C@@H]1C[C@@]1(C(=O)N(CC)CC)c1ccccc1. The monoisotopic (exact) mass is 314 g/mol. The van der Waals surface area contributed by atoms with Crippen molar-refractivity contribution in [3.05, 3.63) is 46.3 Å². The molecular formula is C18H26N4O. The lowest BCUT2D eigenvalue weighted by atomic mass is 9.88. The van der Waals surface area contributed by atoms with E-state index in [1.165, 1.54) is 0 Å². The minimum atomic E-state index is -0.513. The molecule has 0 aromatic heterocycles. The van der Waals surface area contributed by atoms with Crippen LogP contribution in [0.25, 0.3) is 10.4 Å². The summed E-state index contributed by atoms with van der Waals surface area (Å²) < 4.78 is 0. The maximum Gasteiger partial charge on any atom is 0.233 e. The molecule has 0 N–H and O–H groups in total. The number of likely N-dealkylation sites (N-methyl/N-ethyl adjacent to an activating group) is 1. The van der Waals surface area contributed by atoms with Crippen LogP contribution in [0.4, 0.5) is 0 Å². The number of hydrogen-bond donors (Lipinski definition) is 0. The van der Waals surface area contributed by atoms with Gasteiger partial charge in [-0.15, -0.1) is 0 Å². The molecule has 1 fully saturated rings. The quantitative estimate of drug-likeness (QED) is 0.401. The lowest BCUT2D eigenvalue weighted by Crippen LogP contribution is -2.41. The maximum atomic E-state index is 13.2. The van der Waals surface area contributed by atoms with Crippen LogP contribution in [0, 0.1) is 5.92 Å². The molecule has 0 bridgehead atoms. The molecule has 0 aliphatic heterocycles. The number of carbonyl (C=O) groups is 1. The van der Waals surface area contributed by atoms with Crippen LogP contribution in [-0.4, -0.2) is 29.9 Å².